The van der Waals surface area contributed by atoms with Crippen molar-refractivity contribution in [2.75, 3.05) is 24.5 Å². The number of rotatable bonds is 6. The SMILES string of the molecule is C=CC(=O)N1CCN(c2nc(=O)n(-c3c(C(C)C)ncnc3C(C)C)c3nc(-c4c(O)cccc4F)c(F)cc23)[C@@H](C)C1. The zero-order valence-electron chi connectivity index (χ0n) is 24.7. The summed E-state index contributed by atoms with van der Waals surface area (Å²) in [4.78, 5) is 47.7. The van der Waals surface area contributed by atoms with Gasteiger partial charge < -0.3 is 14.9 Å². The molecule has 5 rings (SSSR count). The van der Waals surface area contributed by atoms with Crippen molar-refractivity contribution in [3.63, 3.8) is 0 Å². The summed E-state index contributed by atoms with van der Waals surface area (Å²) < 4.78 is 32.2. The van der Waals surface area contributed by atoms with E-state index in [0.29, 0.717) is 36.7 Å². The molecular weight excluding hydrogens is 556 g/mol. The number of pyridine rings is 1. The normalized spacial score (nSPS) is 15.5. The standard InChI is InChI=1S/C31H33F2N7O3/c1-7-23(42)38-11-12-39(18(6)14-38)29-19-13-21(33)27(24-20(32)9-8-10-22(24)41)36-30(19)40(31(43)37-29)28-25(16(2)3)34-15-35-26(28)17(4)5/h7-10,13,15-18,41H,1,11-12,14H2,2-6H3/t18-/m0/s1. The van der Waals surface area contributed by atoms with E-state index in [4.69, 9.17) is 0 Å². The average molecular weight is 590 g/mol. The predicted molar refractivity (Wildman–Crippen MR) is 160 cm³/mol. The van der Waals surface area contributed by atoms with E-state index in [2.05, 4.69) is 26.5 Å². The minimum Gasteiger partial charge on any atom is -0.507 e. The van der Waals surface area contributed by atoms with Crippen LogP contribution in [0.1, 0.15) is 57.8 Å². The topological polar surface area (TPSA) is 117 Å². The lowest BCUT2D eigenvalue weighted by atomic mass is 10.0. The van der Waals surface area contributed by atoms with Crippen LogP contribution in [-0.2, 0) is 4.79 Å². The maximum Gasteiger partial charge on any atom is 0.355 e. The molecule has 1 saturated heterocycles. The van der Waals surface area contributed by atoms with Gasteiger partial charge in [-0.3, -0.25) is 4.79 Å². The molecule has 1 aliphatic rings. The minimum absolute atomic E-state index is 0.00412. The minimum atomic E-state index is -0.910. The highest BCUT2D eigenvalue weighted by molar-refractivity contribution is 5.91. The molecule has 1 aromatic carbocycles. The van der Waals surface area contributed by atoms with Crippen molar-refractivity contribution in [2.45, 2.75) is 52.5 Å². The van der Waals surface area contributed by atoms with Crippen molar-refractivity contribution in [3.05, 3.63) is 76.8 Å². The van der Waals surface area contributed by atoms with Crippen LogP contribution in [0, 0.1) is 11.6 Å². The molecule has 0 saturated carbocycles. The molecule has 0 aliphatic carbocycles. The van der Waals surface area contributed by atoms with Crippen molar-refractivity contribution >= 4 is 22.8 Å². The molecule has 43 heavy (non-hydrogen) atoms. The quantitative estimate of drug-likeness (QED) is 0.322. The third-order valence-corrected chi connectivity index (χ3v) is 7.61. The molecule has 12 heteroatoms. The first kappa shape index (κ1) is 29.7. The molecule has 1 N–H and O–H groups in total. The van der Waals surface area contributed by atoms with Crippen LogP contribution >= 0.6 is 0 Å². The van der Waals surface area contributed by atoms with E-state index in [1.54, 1.807) is 4.90 Å². The summed E-state index contributed by atoms with van der Waals surface area (Å²) in [6, 6.07) is 4.49. The molecule has 4 heterocycles. The van der Waals surface area contributed by atoms with Crippen LogP contribution in [-0.4, -0.2) is 66.1 Å². The molecule has 1 fully saturated rings. The summed E-state index contributed by atoms with van der Waals surface area (Å²) in [7, 11) is 0. The maximum atomic E-state index is 15.9. The monoisotopic (exact) mass is 589 g/mol. The van der Waals surface area contributed by atoms with Gasteiger partial charge in [-0.15, -0.1) is 0 Å². The van der Waals surface area contributed by atoms with Crippen LogP contribution in [0.25, 0.3) is 28.0 Å². The number of hydrogen-bond donors (Lipinski definition) is 1. The summed E-state index contributed by atoms with van der Waals surface area (Å²) in [6.07, 6.45) is 2.68. The predicted octanol–water partition coefficient (Wildman–Crippen LogP) is 4.69. The number of nitrogens with zero attached hydrogens (tertiary/aromatic N) is 7. The van der Waals surface area contributed by atoms with Crippen LogP contribution in [0.15, 0.2) is 48.0 Å². The first-order chi connectivity index (χ1) is 20.4. The molecule has 0 unspecified atom stereocenters. The summed E-state index contributed by atoms with van der Waals surface area (Å²) in [5.74, 6) is -2.59. The third-order valence-electron chi connectivity index (χ3n) is 7.61. The lowest BCUT2D eigenvalue weighted by Crippen LogP contribution is -2.54. The van der Waals surface area contributed by atoms with Gasteiger partial charge in [0.1, 0.15) is 29.4 Å². The van der Waals surface area contributed by atoms with Gasteiger partial charge in [-0.2, -0.15) is 4.98 Å². The Kier molecular flexibility index (Phi) is 7.96. The summed E-state index contributed by atoms with van der Waals surface area (Å²) in [5, 5.41) is 10.7. The van der Waals surface area contributed by atoms with Crippen LogP contribution < -0.4 is 10.6 Å². The van der Waals surface area contributed by atoms with Crippen LogP contribution in [0.2, 0.25) is 0 Å². The number of hydrogen-bond acceptors (Lipinski definition) is 8. The van der Waals surface area contributed by atoms with Crippen molar-refractivity contribution in [1.29, 1.82) is 0 Å². The Balaban J connectivity index is 1.86. The summed E-state index contributed by atoms with van der Waals surface area (Å²) >= 11 is 0. The highest BCUT2D eigenvalue weighted by atomic mass is 19.1. The Bertz CT molecular complexity index is 1760. The van der Waals surface area contributed by atoms with E-state index in [1.165, 1.54) is 29.1 Å². The van der Waals surface area contributed by atoms with E-state index in [9.17, 15) is 19.1 Å². The van der Waals surface area contributed by atoms with Crippen LogP contribution in [0.4, 0.5) is 14.6 Å². The van der Waals surface area contributed by atoms with Crippen LogP contribution in [0.3, 0.4) is 0 Å². The lowest BCUT2D eigenvalue weighted by molar-refractivity contribution is -0.126. The maximum absolute atomic E-state index is 15.9. The molecule has 1 amide bonds. The fourth-order valence-corrected chi connectivity index (χ4v) is 5.53. The Morgan fingerprint density at radius 2 is 1.74 bits per heavy atom. The molecule has 1 atom stereocenters. The van der Waals surface area contributed by atoms with Gasteiger partial charge in [-0.25, -0.2) is 33.1 Å². The number of aromatic hydroxyl groups is 1. The summed E-state index contributed by atoms with van der Waals surface area (Å²) in [6.45, 7) is 14.1. The van der Waals surface area contributed by atoms with Gasteiger partial charge >= 0.3 is 5.69 Å². The molecule has 0 bridgehead atoms. The van der Waals surface area contributed by atoms with Crippen molar-refractivity contribution in [1.82, 2.24) is 29.4 Å². The van der Waals surface area contributed by atoms with E-state index < -0.39 is 34.3 Å². The number of aromatic nitrogens is 5. The second kappa shape index (κ2) is 11.5. The largest absolute Gasteiger partial charge is 0.507 e. The Morgan fingerprint density at radius 3 is 2.33 bits per heavy atom. The number of anilines is 1. The van der Waals surface area contributed by atoms with Gasteiger partial charge in [0.05, 0.1) is 28.0 Å². The number of benzene rings is 1. The lowest BCUT2D eigenvalue weighted by Gasteiger charge is -2.40. The number of phenols is 1. The molecule has 3 aromatic heterocycles. The smallest absolute Gasteiger partial charge is 0.355 e. The van der Waals surface area contributed by atoms with E-state index in [-0.39, 0.29) is 40.6 Å². The highest BCUT2D eigenvalue weighted by Gasteiger charge is 2.31. The molecule has 0 spiro atoms. The Labute approximate surface area is 247 Å². The number of phenolic OH excluding ortho intramolecular Hbond substituents is 1. The van der Waals surface area contributed by atoms with Gasteiger partial charge in [0.15, 0.2) is 11.5 Å². The molecule has 1 aliphatic heterocycles. The number of fused-ring (bicyclic) bond motifs is 1. The second-order valence-electron chi connectivity index (χ2n) is 11.2. The van der Waals surface area contributed by atoms with Gasteiger partial charge in [0.2, 0.25) is 5.91 Å². The Hall–Kier alpha value is -4.74. The van der Waals surface area contributed by atoms with E-state index in [1.807, 2.05) is 39.5 Å². The van der Waals surface area contributed by atoms with E-state index in [0.717, 1.165) is 12.1 Å². The second-order valence-corrected chi connectivity index (χ2v) is 11.2. The van der Waals surface area contributed by atoms with Crippen molar-refractivity contribution in [2.24, 2.45) is 0 Å². The fourth-order valence-electron chi connectivity index (χ4n) is 5.53. The molecule has 0 radical (unpaired) electrons. The fraction of sp³-hybridized carbons (Fsp3) is 0.355. The van der Waals surface area contributed by atoms with Gasteiger partial charge in [0.25, 0.3) is 0 Å². The Morgan fingerprint density at radius 1 is 1.07 bits per heavy atom. The van der Waals surface area contributed by atoms with Gasteiger partial charge in [-0.1, -0.05) is 40.3 Å². The third kappa shape index (κ3) is 5.21. The van der Waals surface area contributed by atoms with Crippen molar-refractivity contribution < 1.29 is 18.7 Å². The average Bonchev–Trinajstić information content (AvgIpc) is 2.96. The van der Waals surface area contributed by atoms with Crippen LogP contribution in [0.5, 0.6) is 5.75 Å². The van der Waals surface area contributed by atoms with Gasteiger partial charge in [-0.05, 0) is 43.0 Å². The molecule has 10 nitrogen and oxygen atoms in total. The van der Waals surface area contributed by atoms with E-state index >= 15 is 4.39 Å². The number of halogens is 2. The first-order valence-electron chi connectivity index (χ1n) is 14.1. The zero-order chi connectivity index (χ0) is 31.2. The number of carbonyl (C=O) groups excluding carboxylic acids is 1. The first-order valence-corrected chi connectivity index (χ1v) is 14.1. The molecule has 4 aromatic rings. The molecular formula is C31H33F2N7O3. The van der Waals surface area contributed by atoms with Crippen molar-refractivity contribution in [3.8, 4) is 22.7 Å². The number of carbonyl (C=O) groups is 1. The van der Waals surface area contributed by atoms with Gasteiger partial charge in [0, 0.05) is 25.7 Å². The number of piperazine rings is 1. The summed E-state index contributed by atoms with van der Waals surface area (Å²) in [5.41, 5.74) is -0.103. The number of amides is 1. The zero-order valence-corrected chi connectivity index (χ0v) is 24.7. The molecule has 224 valence electrons. The highest BCUT2D eigenvalue weighted by Crippen LogP contribution is 2.37.